The molecule has 2 aromatic carbocycles. The zero-order chi connectivity index (χ0) is 14.1. The van der Waals surface area contributed by atoms with Crippen LogP contribution in [0.4, 0.5) is 5.69 Å². The number of phenolic OH excluding ortho intramolecular Hbond substituents is 1. The predicted molar refractivity (Wildman–Crippen MR) is 81.0 cm³/mol. The van der Waals surface area contributed by atoms with Gasteiger partial charge < -0.3 is 10.4 Å². The van der Waals surface area contributed by atoms with Crippen molar-refractivity contribution < 1.29 is 5.11 Å². The van der Waals surface area contributed by atoms with Crippen LogP contribution in [0, 0.1) is 6.92 Å². The first-order valence-corrected chi connectivity index (χ1v) is 6.62. The molecule has 0 saturated heterocycles. The van der Waals surface area contributed by atoms with E-state index in [0.717, 1.165) is 27.7 Å². The summed E-state index contributed by atoms with van der Waals surface area (Å²) in [6.45, 7) is 4.00. The van der Waals surface area contributed by atoms with Crippen molar-refractivity contribution in [2.24, 2.45) is 0 Å². The molecule has 0 saturated carbocycles. The van der Waals surface area contributed by atoms with Gasteiger partial charge >= 0.3 is 0 Å². The van der Waals surface area contributed by atoms with Gasteiger partial charge in [0.15, 0.2) is 0 Å². The SMILES string of the molecule is Cc1ccc(C(C)Nc2ccc3[nH]ncc3c2)c(O)c1. The summed E-state index contributed by atoms with van der Waals surface area (Å²) >= 11 is 0. The lowest BCUT2D eigenvalue weighted by molar-refractivity contribution is 0.465. The standard InChI is InChI=1S/C16H17N3O/c1-10-3-5-14(16(20)7-10)11(2)18-13-4-6-15-12(8-13)9-17-19-15/h3-9,11,18,20H,1-2H3,(H,17,19). The summed E-state index contributed by atoms with van der Waals surface area (Å²) in [6.07, 6.45) is 1.80. The Bertz CT molecular complexity index is 748. The van der Waals surface area contributed by atoms with Crippen LogP contribution in [0.3, 0.4) is 0 Å². The Morgan fingerprint density at radius 2 is 2.05 bits per heavy atom. The first-order valence-electron chi connectivity index (χ1n) is 6.62. The monoisotopic (exact) mass is 267 g/mol. The van der Waals surface area contributed by atoms with E-state index < -0.39 is 0 Å². The molecule has 4 nitrogen and oxygen atoms in total. The second kappa shape index (κ2) is 4.89. The molecule has 102 valence electrons. The smallest absolute Gasteiger partial charge is 0.121 e. The predicted octanol–water partition coefficient (Wildman–Crippen LogP) is 3.75. The van der Waals surface area contributed by atoms with Crippen LogP contribution in [0.2, 0.25) is 0 Å². The number of fused-ring (bicyclic) bond motifs is 1. The Morgan fingerprint density at radius 3 is 2.85 bits per heavy atom. The molecule has 1 aromatic heterocycles. The maximum Gasteiger partial charge on any atom is 0.121 e. The number of hydrogen-bond donors (Lipinski definition) is 3. The number of rotatable bonds is 3. The highest BCUT2D eigenvalue weighted by atomic mass is 16.3. The molecule has 3 rings (SSSR count). The highest BCUT2D eigenvalue weighted by molar-refractivity contribution is 5.81. The molecule has 0 aliphatic carbocycles. The Balaban J connectivity index is 1.85. The number of H-pyrrole nitrogens is 1. The second-order valence-corrected chi connectivity index (χ2v) is 5.10. The fraction of sp³-hybridized carbons (Fsp3) is 0.188. The van der Waals surface area contributed by atoms with Crippen molar-refractivity contribution >= 4 is 16.6 Å². The van der Waals surface area contributed by atoms with E-state index >= 15 is 0 Å². The molecule has 4 heteroatoms. The highest BCUT2D eigenvalue weighted by Crippen LogP contribution is 2.28. The van der Waals surface area contributed by atoms with Gasteiger partial charge in [0.2, 0.25) is 0 Å². The van der Waals surface area contributed by atoms with Crippen LogP contribution in [0.5, 0.6) is 5.75 Å². The first-order chi connectivity index (χ1) is 9.63. The van der Waals surface area contributed by atoms with Crippen molar-refractivity contribution in [2.75, 3.05) is 5.32 Å². The minimum atomic E-state index is 0.0277. The third-order valence-corrected chi connectivity index (χ3v) is 3.48. The van der Waals surface area contributed by atoms with Gasteiger partial charge in [0.25, 0.3) is 0 Å². The van der Waals surface area contributed by atoms with Gasteiger partial charge in [-0.15, -0.1) is 0 Å². The van der Waals surface area contributed by atoms with Gasteiger partial charge in [0.05, 0.1) is 17.8 Å². The average molecular weight is 267 g/mol. The molecule has 3 aromatic rings. The van der Waals surface area contributed by atoms with Crippen LogP contribution in [0.1, 0.15) is 24.1 Å². The Labute approximate surface area is 117 Å². The van der Waals surface area contributed by atoms with Crippen molar-refractivity contribution in [1.29, 1.82) is 0 Å². The van der Waals surface area contributed by atoms with Crippen LogP contribution in [0.15, 0.2) is 42.6 Å². The van der Waals surface area contributed by atoms with Gasteiger partial charge in [-0.05, 0) is 43.7 Å². The van der Waals surface area contributed by atoms with Crippen molar-refractivity contribution in [1.82, 2.24) is 10.2 Å². The lowest BCUT2D eigenvalue weighted by Crippen LogP contribution is -2.06. The molecule has 0 spiro atoms. The molecule has 0 fully saturated rings. The Morgan fingerprint density at radius 1 is 1.20 bits per heavy atom. The number of aromatic amines is 1. The topological polar surface area (TPSA) is 60.9 Å². The van der Waals surface area contributed by atoms with Gasteiger partial charge in [-0.3, -0.25) is 5.10 Å². The number of anilines is 1. The van der Waals surface area contributed by atoms with Gasteiger partial charge in [0.1, 0.15) is 5.75 Å². The molecular weight excluding hydrogens is 250 g/mol. The minimum absolute atomic E-state index is 0.0277. The second-order valence-electron chi connectivity index (χ2n) is 5.10. The molecule has 1 heterocycles. The summed E-state index contributed by atoms with van der Waals surface area (Å²) in [5, 5.41) is 21.4. The van der Waals surface area contributed by atoms with Crippen molar-refractivity contribution in [3.63, 3.8) is 0 Å². The molecule has 20 heavy (non-hydrogen) atoms. The summed E-state index contributed by atoms with van der Waals surface area (Å²) in [4.78, 5) is 0. The van der Waals surface area contributed by atoms with Crippen molar-refractivity contribution in [3.8, 4) is 5.75 Å². The number of aryl methyl sites for hydroxylation is 1. The van der Waals surface area contributed by atoms with E-state index in [2.05, 4.69) is 15.5 Å². The number of phenols is 1. The number of nitrogens with one attached hydrogen (secondary N) is 2. The number of benzene rings is 2. The maximum absolute atomic E-state index is 10.0. The van der Waals surface area contributed by atoms with E-state index in [4.69, 9.17) is 0 Å². The fourth-order valence-electron chi connectivity index (χ4n) is 2.38. The lowest BCUT2D eigenvalue weighted by atomic mass is 10.0. The van der Waals surface area contributed by atoms with E-state index in [-0.39, 0.29) is 6.04 Å². The Kier molecular flexibility index (Phi) is 3.06. The summed E-state index contributed by atoms with van der Waals surface area (Å²) < 4.78 is 0. The van der Waals surface area contributed by atoms with Crippen LogP contribution in [0.25, 0.3) is 10.9 Å². The van der Waals surface area contributed by atoms with Crippen LogP contribution >= 0.6 is 0 Å². The summed E-state index contributed by atoms with van der Waals surface area (Å²) in [5.74, 6) is 0.328. The molecule has 0 aliphatic rings. The van der Waals surface area contributed by atoms with Crippen LogP contribution < -0.4 is 5.32 Å². The molecule has 3 N–H and O–H groups in total. The van der Waals surface area contributed by atoms with Crippen LogP contribution in [-0.2, 0) is 0 Å². The molecule has 1 atom stereocenters. The first kappa shape index (κ1) is 12.5. The van der Waals surface area contributed by atoms with Crippen molar-refractivity contribution in [3.05, 3.63) is 53.7 Å². The number of nitrogens with zero attached hydrogens (tertiary/aromatic N) is 1. The minimum Gasteiger partial charge on any atom is -0.508 e. The molecule has 0 aliphatic heterocycles. The molecule has 1 unspecified atom stereocenters. The third kappa shape index (κ3) is 2.32. The average Bonchev–Trinajstić information content (AvgIpc) is 2.85. The Hall–Kier alpha value is -2.49. The zero-order valence-corrected chi connectivity index (χ0v) is 11.5. The van der Waals surface area contributed by atoms with E-state index in [1.54, 1.807) is 12.3 Å². The van der Waals surface area contributed by atoms with Crippen LogP contribution in [-0.4, -0.2) is 15.3 Å². The summed E-state index contributed by atoms with van der Waals surface area (Å²) in [5.41, 5.74) is 3.97. The zero-order valence-electron chi connectivity index (χ0n) is 11.5. The number of aromatic hydroxyl groups is 1. The quantitative estimate of drug-likeness (QED) is 0.677. The summed E-state index contributed by atoms with van der Waals surface area (Å²) in [6, 6.07) is 11.8. The molecule has 0 radical (unpaired) electrons. The van der Waals surface area contributed by atoms with Gasteiger partial charge in [-0.1, -0.05) is 12.1 Å². The number of hydrogen-bond acceptors (Lipinski definition) is 3. The van der Waals surface area contributed by atoms with E-state index in [9.17, 15) is 5.11 Å². The molecule has 0 amide bonds. The van der Waals surface area contributed by atoms with E-state index in [0.29, 0.717) is 5.75 Å². The largest absolute Gasteiger partial charge is 0.508 e. The van der Waals surface area contributed by atoms with E-state index in [1.165, 1.54) is 0 Å². The third-order valence-electron chi connectivity index (χ3n) is 3.48. The number of aromatic nitrogens is 2. The molecular formula is C16H17N3O. The highest BCUT2D eigenvalue weighted by Gasteiger charge is 2.10. The van der Waals surface area contributed by atoms with Crippen molar-refractivity contribution in [2.45, 2.75) is 19.9 Å². The molecule has 0 bridgehead atoms. The van der Waals surface area contributed by atoms with Gasteiger partial charge in [-0.25, -0.2) is 0 Å². The van der Waals surface area contributed by atoms with Gasteiger partial charge in [-0.2, -0.15) is 5.10 Å². The normalized spacial score (nSPS) is 12.5. The maximum atomic E-state index is 10.0. The van der Waals surface area contributed by atoms with Gasteiger partial charge in [0, 0.05) is 16.6 Å². The van der Waals surface area contributed by atoms with E-state index in [1.807, 2.05) is 44.2 Å². The lowest BCUT2D eigenvalue weighted by Gasteiger charge is -2.17. The summed E-state index contributed by atoms with van der Waals surface area (Å²) in [7, 11) is 0. The fourth-order valence-corrected chi connectivity index (χ4v) is 2.38.